The highest BCUT2D eigenvalue weighted by molar-refractivity contribution is 5.85. The Morgan fingerprint density at radius 1 is 1.57 bits per heavy atom. The zero-order valence-corrected chi connectivity index (χ0v) is 8.91. The van der Waals surface area contributed by atoms with Crippen LogP contribution in [0.25, 0.3) is 0 Å². The van der Waals surface area contributed by atoms with Crippen molar-refractivity contribution in [3.8, 4) is 0 Å². The minimum atomic E-state index is 0. The summed E-state index contributed by atoms with van der Waals surface area (Å²) in [5.74, 6) is 0. The molecule has 1 atom stereocenters. The second-order valence-corrected chi connectivity index (χ2v) is 3.65. The van der Waals surface area contributed by atoms with Gasteiger partial charge in [-0.05, 0) is 18.1 Å². The Morgan fingerprint density at radius 3 is 3.00 bits per heavy atom. The fraction of sp³-hybridized carbons (Fsp3) is 0.500. The van der Waals surface area contributed by atoms with Crippen molar-refractivity contribution in [1.82, 2.24) is 9.88 Å². The first-order valence-electron chi connectivity index (χ1n) is 4.71. The van der Waals surface area contributed by atoms with Crippen LogP contribution in [-0.4, -0.2) is 29.0 Å². The van der Waals surface area contributed by atoms with Crippen molar-refractivity contribution in [2.75, 3.05) is 13.1 Å². The third-order valence-electron chi connectivity index (χ3n) is 2.44. The highest BCUT2D eigenvalue weighted by atomic mass is 35.5. The molecule has 1 saturated heterocycles. The normalized spacial score (nSPS) is 21.9. The van der Waals surface area contributed by atoms with Gasteiger partial charge in [0.25, 0.3) is 0 Å². The molecule has 3 nitrogen and oxygen atoms in total. The zero-order valence-electron chi connectivity index (χ0n) is 8.10. The van der Waals surface area contributed by atoms with Crippen molar-refractivity contribution in [1.29, 1.82) is 0 Å². The Balaban J connectivity index is 0.000000980. The van der Waals surface area contributed by atoms with E-state index in [-0.39, 0.29) is 12.4 Å². The first-order chi connectivity index (χ1) is 6.34. The molecule has 0 amide bonds. The lowest BCUT2D eigenvalue weighted by Gasteiger charge is -2.14. The number of rotatable bonds is 2. The maximum Gasteiger partial charge on any atom is 0.0312 e. The average Bonchev–Trinajstić information content (AvgIpc) is 2.53. The molecule has 0 spiro atoms. The smallest absolute Gasteiger partial charge is 0.0312 e. The Hall–Kier alpha value is -0.640. The molecule has 0 bridgehead atoms. The van der Waals surface area contributed by atoms with Gasteiger partial charge in [-0.15, -0.1) is 12.4 Å². The molecule has 2 heterocycles. The summed E-state index contributed by atoms with van der Waals surface area (Å²) in [6, 6.07) is 4.46. The summed E-state index contributed by atoms with van der Waals surface area (Å²) in [4.78, 5) is 6.46. The molecule has 2 rings (SSSR count). The van der Waals surface area contributed by atoms with Gasteiger partial charge in [0.1, 0.15) is 0 Å². The predicted octanol–water partition coefficient (Wildman–Crippen LogP) is 1.04. The third-order valence-corrected chi connectivity index (χ3v) is 2.44. The van der Waals surface area contributed by atoms with E-state index in [1.807, 2.05) is 12.3 Å². The van der Waals surface area contributed by atoms with Crippen LogP contribution in [0.4, 0.5) is 0 Å². The van der Waals surface area contributed by atoms with Crippen molar-refractivity contribution >= 4 is 12.4 Å². The van der Waals surface area contributed by atoms with Crippen LogP contribution >= 0.6 is 12.4 Å². The molecule has 1 fully saturated rings. The van der Waals surface area contributed by atoms with E-state index in [0.717, 1.165) is 26.1 Å². The van der Waals surface area contributed by atoms with Crippen LogP contribution < -0.4 is 5.73 Å². The fourth-order valence-electron chi connectivity index (χ4n) is 1.76. The highest BCUT2D eigenvalue weighted by Crippen LogP contribution is 2.10. The summed E-state index contributed by atoms with van der Waals surface area (Å²) in [5, 5.41) is 0. The monoisotopic (exact) mass is 213 g/mol. The topological polar surface area (TPSA) is 42.1 Å². The Bertz CT molecular complexity index is 265. The molecule has 0 aromatic carbocycles. The van der Waals surface area contributed by atoms with Crippen molar-refractivity contribution < 1.29 is 0 Å². The van der Waals surface area contributed by atoms with Crippen LogP contribution in [0.1, 0.15) is 12.0 Å². The second-order valence-electron chi connectivity index (χ2n) is 3.65. The lowest BCUT2D eigenvalue weighted by Crippen LogP contribution is -2.26. The molecule has 78 valence electrons. The summed E-state index contributed by atoms with van der Waals surface area (Å²) in [7, 11) is 0. The van der Waals surface area contributed by atoms with Crippen LogP contribution in [0.15, 0.2) is 24.5 Å². The quantitative estimate of drug-likeness (QED) is 0.798. The molecule has 1 aliphatic rings. The van der Waals surface area contributed by atoms with Gasteiger partial charge in [-0.1, -0.05) is 6.07 Å². The van der Waals surface area contributed by atoms with Crippen molar-refractivity contribution in [3.63, 3.8) is 0 Å². The van der Waals surface area contributed by atoms with E-state index in [0.29, 0.717) is 6.04 Å². The maximum absolute atomic E-state index is 5.82. The van der Waals surface area contributed by atoms with E-state index in [9.17, 15) is 0 Å². The van der Waals surface area contributed by atoms with Gasteiger partial charge in [0.05, 0.1) is 0 Å². The van der Waals surface area contributed by atoms with Gasteiger partial charge in [0, 0.05) is 38.1 Å². The Morgan fingerprint density at radius 2 is 2.43 bits per heavy atom. The van der Waals surface area contributed by atoms with Gasteiger partial charge in [-0.25, -0.2) is 0 Å². The van der Waals surface area contributed by atoms with Crippen molar-refractivity contribution in [2.24, 2.45) is 5.73 Å². The molecule has 1 aliphatic heterocycles. The zero-order chi connectivity index (χ0) is 9.10. The molecule has 0 radical (unpaired) electrons. The standard InChI is InChI=1S/C10H15N3.ClH/c11-10-3-5-13(8-10)7-9-2-1-4-12-6-9;/h1-2,4,6,10H,3,5,7-8,11H2;1H. The largest absolute Gasteiger partial charge is 0.326 e. The molecular formula is C10H16ClN3. The molecule has 14 heavy (non-hydrogen) atoms. The molecule has 1 aromatic rings. The third kappa shape index (κ3) is 2.94. The van der Waals surface area contributed by atoms with E-state index in [1.54, 1.807) is 6.20 Å². The van der Waals surface area contributed by atoms with Gasteiger partial charge < -0.3 is 5.73 Å². The number of hydrogen-bond acceptors (Lipinski definition) is 3. The molecule has 0 aliphatic carbocycles. The number of likely N-dealkylation sites (tertiary alicyclic amines) is 1. The van der Waals surface area contributed by atoms with E-state index in [1.165, 1.54) is 5.56 Å². The number of pyridine rings is 1. The van der Waals surface area contributed by atoms with Crippen LogP contribution in [-0.2, 0) is 6.54 Å². The number of nitrogens with two attached hydrogens (primary N) is 1. The Labute approximate surface area is 90.7 Å². The van der Waals surface area contributed by atoms with Crippen LogP contribution in [0.5, 0.6) is 0 Å². The van der Waals surface area contributed by atoms with Gasteiger partial charge in [-0.3, -0.25) is 9.88 Å². The molecule has 4 heteroatoms. The Kier molecular flexibility index (Phi) is 4.32. The lowest BCUT2D eigenvalue weighted by atomic mass is 10.3. The fourth-order valence-corrected chi connectivity index (χ4v) is 1.76. The lowest BCUT2D eigenvalue weighted by molar-refractivity contribution is 0.326. The van der Waals surface area contributed by atoms with Crippen molar-refractivity contribution in [3.05, 3.63) is 30.1 Å². The van der Waals surface area contributed by atoms with Crippen LogP contribution in [0, 0.1) is 0 Å². The minimum Gasteiger partial charge on any atom is -0.326 e. The summed E-state index contributed by atoms with van der Waals surface area (Å²) in [5.41, 5.74) is 7.10. The molecular weight excluding hydrogens is 198 g/mol. The summed E-state index contributed by atoms with van der Waals surface area (Å²) >= 11 is 0. The van der Waals surface area contributed by atoms with Crippen LogP contribution in [0.3, 0.4) is 0 Å². The van der Waals surface area contributed by atoms with E-state index >= 15 is 0 Å². The number of aromatic nitrogens is 1. The molecule has 2 N–H and O–H groups in total. The first-order valence-corrected chi connectivity index (χ1v) is 4.71. The number of nitrogens with zero attached hydrogens (tertiary/aromatic N) is 2. The predicted molar refractivity (Wildman–Crippen MR) is 59.4 cm³/mol. The maximum atomic E-state index is 5.82. The second kappa shape index (κ2) is 5.29. The minimum absolute atomic E-state index is 0. The van der Waals surface area contributed by atoms with E-state index in [2.05, 4.69) is 16.0 Å². The average molecular weight is 214 g/mol. The van der Waals surface area contributed by atoms with E-state index < -0.39 is 0 Å². The van der Waals surface area contributed by atoms with E-state index in [4.69, 9.17) is 5.73 Å². The SMILES string of the molecule is Cl.NC1CCN(Cc2cccnc2)C1. The molecule has 0 saturated carbocycles. The van der Waals surface area contributed by atoms with Gasteiger partial charge in [0.15, 0.2) is 0 Å². The summed E-state index contributed by atoms with van der Waals surface area (Å²) in [6.07, 6.45) is 4.85. The summed E-state index contributed by atoms with van der Waals surface area (Å²) < 4.78 is 0. The van der Waals surface area contributed by atoms with Gasteiger partial charge in [-0.2, -0.15) is 0 Å². The number of halogens is 1. The van der Waals surface area contributed by atoms with Crippen LogP contribution in [0.2, 0.25) is 0 Å². The first kappa shape index (κ1) is 11.4. The summed E-state index contributed by atoms with van der Waals surface area (Å²) in [6.45, 7) is 3.13. The highest BCUT2D eigenvalue weighted by Gasteiger charge is 2.18. The molecule has 1 aromatic heterocycles. The van der Waals surface area contributed by atoms with Gasteiger partial charge >= 0.3 is 0 Å². The van der Waals surface area contributed by atoms with Crippen molar-refractivity contribution in [2.45, 2.75) is 19.0 Å². The molecule has 1 unspecified atom stereocenters. The number of hydrogen-bond donors (Lipinski definition) is 1. The van der Waals surface area contributed by atoms with Gasteiger partial charge in [0.2, 0.25) is 0 Å².